The van der Waals surface area contributed by atoms with E-state index >= 15 is 0 Å². The molecule has 0 spiro atoms. The molecule has 4 rings (SSSR count). The second-order valence-corrected chi connectivity index (χ2v) is 8.27. The van der Waals surface area contributed by atoms with Gasteiger partial charge in [-0.05, 0) is 49.3 Å². The topological polar surface area (TPSA) is 105 Å². The summed E-state index contributed by atoms with van der Waals surface area (Å²) in [4.78, 5) is 38.3. The van der Waals surface area contributed by atoms with Gasteiger partial charge >= 0.3 is 0 Å². The van der Waals surface area contributed by atoms with Gasteiger partial charge in [-0.3, -0.25) is 19.7 Å². The maximum atomic E-state index is 13.1. The highest BCUT2D eigenvalue weighted by Crippen LogP contribution is 2.30. The highest BCUT2D eigenvalue weighted by Gasteiger charge is 2.39. The summed E-state index contributed by atoms with van der Waals surface area (Å²) in [7, 11) is 0. The largest absolute Gasteiger partial charge is 0.328 e. The van der Waals surface area contributed by atoms with Gasteiger partial charge in [-0.25, -0.2) is 0 Å². The SMILES string of the molecule is N[C@@H]1CCC[C@@H](CNCc2cccc3c2C(=O)N(C2CCC(=O)NC2=O)C3)C1. The molecule has 1 aromatic rings. The van der Waals surface area contributed by atoms with Crippen LogP contribution in [0.2, 0.25) is 0 Å². The van der Waals surface area contributed by atoms with Crippen LogP contribution in [0.1, 0.15) is 60.0 Å². The fourth-order valence-corrected chi connectivity index (χ4v) is 4.77. The van der Waals surface area contributed by atoms with Crippen molar-refractivity contribution in [1.29, 1.82) is 0 Å². The van der Waals surface area contributed by atoms with Gasteiger partial charge in [0.05, 0.1) is 0 Å². The van der Waals surface area contributed by atoms with E-state index < -0.39 is 6.04 Å². The molecule has 0 aromatic heterocycles. The van der Waals surface area contributed by atoms with Crippen LogP contribution in [0.4, 0.5) is 0 Å². The Kier molecular flexibility index (Phi) is 5.46. The maximum absolute atomic E-state index is 13.1. The summed E-state index contributed by atoms with van der Waals surface area (Å²) in [5, 5.41) is 5.85. The number of nitrogens with one attached hydrogen (secondary N) is 2. The number of nitrogens with zero attached hydrogens (tertiary/aromatic N) is 1. The van der Waals surface area contributed by atoms with Gasteiger partial charge in [-0.1, -0.05) is 24.6 Å². The van der Waals surface area contributed by atoms with Gasteiger partial charge in [0.15, 0.2) is 0 Å². The van der Waals surface area contributed by atoms with Crippen LogP contribution in [-0.4, -0.2) is 41.2 Å². The Morgan fingerprint density at radius 1 is 1.18 bits per heavy atom. The highest BCUT2D eigenvalue weighted by atomic mass is 16.2. The van der Waals surface area contributed by atoms with E-state index in [1.54, 1.807) is 4.90 Å². The smallest absolute Gasteiger partial charge is 0.255 e. The van der Waals surface area contributed by atoms with Crippen molar-refractivity contribution < 1.29 is 14.4 Å². The molecule has 3 atom stereocenters. The summed E-state index contributed by atoms with van der Waals surface area (Å²) in [5.74, 6) is -0.152. The number of piperidine rings is 1. The van der Waals surface area contributed by atoms with Crippen molar-refractivity contribution >= 4 is 17.7 Å². The molecule has 4 N–H and O–H groups in total. The molecular weight excluding hydrogens is 356 g/mol. The van der Waals surface area contributed by atoms with E-state index in [2.05, 4.69) is 10.6 Å². The molecule has 150 valence electrons. The predicted octanol–water partition coefficient (Wildman–Crippen LogP) is 1.05. The maximum Gasteiger partial charge on any atom is 0.255 e. The minimum atomic E-state index is -0.567. The number of carbonyl (C=O) groups is 3. The first-order valence-electron chi connectivity index (χ1n) is 10.2. The summed E-state index contributed by atoms with van der Waals surface area (Å²) in [5.41, 5.74) is 8.70. The van der Waals surface area contributed by atoms with E-state index in [1.165, 1.54) is 12.8 Å². The Morgan fingerprint density at radius 2 is 2.04 bits per heavy atom. The molecule has 28 heavy (non-hydrogen) atoms. The zero-order chi connectivity index (χ0) is 19.7. The molecule has 1 aliphatic carbocycles. The molecule has 3 amide bonds. The standard InChI is InChI=1S/C21H28N4O3/c22-16-6-1-3-13(9-16)10-23-11-14-4-2-5-15-12-25(21(28)19(14)15)17-7-8-18(26)24-20(17)27/h2,4-5,13,16-17,23H,1,3,6-12,22H2,(H,24,26,27)/t13-,16-,17?/m1/s1. The molecular formula is C21H28N4O3. The average molecular weight is 384 g/mol. The van der Waals surface area contributed by atoms with Crippen molar-refractivity contribution in [3.05, 3.63) is 34.9 Å². The lowest BCUT2D eigenvalue weighted by molar-refractivity contribution is -0.136. The van der Waals surface area contributed by atoms with Gasteiger partial charge in [0.2, 0.25) is 11.8 Å². The minimum absolute atomic E-state index is 0.110. The van der Waals surface area contributed by atoms with Crippen molar-refractivity contribution in [2.75, 3.05) is 6.54 Å². The molecule has 0 radical (unpaired) electrons. The van der Waals surface area contributed by atoms with E-state index in [1.807, 2.05) is 18.2 Å². The lowest BCUT2D eigenvalue weighted by Crippen LogP contribution is -2.52. The Hall–Kier alpha value is -2.25. The van der Waals surface area contributed by atoms with Crippen LogP contribution in [0.3, 0.4) is 0 Å². The van der Waals surface area contributed by atoms with Crippen LogP contribution in [0, 0.1) is 5.92 Å². The van der Waals surface area contributed by atoms with Crippen LogP contribution in [0.25, 0.3) is 0 Å². The summed E-state index contributed by atoms with van der Waals surface area (Å²) < 4.78 is 0. The fourth-order valence-electron chi connectivity index (χ4n) is 4.77. The van der Waals surface area contributed by atoms with Gasteiger partial charge in [-0.15, -0.1) is 0 Å². The van der Waals surface area contributed by atoms with Crippen molar-refractivity contribution in [3.63, 3.8) is 0 Å². The first kappa shape index (κ1) is 19.1. The van der Waals surface area contributed by atoms with Crippen molar-refractivity contribution in [1.82, 2.24) is 15.5 Å². The van der Waals surface area contributed by atoms with Crippen LogP contribution in [0.15, 0.2) is 18.2 Å². The minimum Gasteiger partial charge on any atom is -0.328 e. The fraction of sp³-hybridized carbons (Fsp3) is 0.571. The van der Waals surface area contributed by atoms with Gasteiger partial charge in [0, 0.05) is 31.1 Å². The molecule has 2 fully saturated rings. The van der Waals surface area contributed by atoms with E-state index in [9.17, 15) is 14.4 Å². The number of carbonyl (C=O) groups excluding carboxylic acids is 3. The third kappa shape index (κ3) is 3.82. The van der Waals surface area contributed by atoms with Crippen molar-refractivity contribution in [2.45, 2.75) is 63.7 Å². The van der Waals surface area contributed by atoms with E-state index in [-0.39, 0.29) is 24.1 Å². The molecule has 1 unspecified atom stereocenters. The van der Waals surface area contributed by atoms with E-state index in [4.69, 9.17) is 5.73 Å². The Labute approximate surface area is 165 Å². The Bertz CT molecular complexity index is 794. The molecule has 7 nitrogen and oxygen atoms in total. The molecule has 2 aliphatic heterocycles. The van der Waals surface area contributed by atoms with Crippen molar-refractivity contribution in [3.8, 4) is 0 Å². The zero-order valence-corrected chi connectivity index (χ0v) is 16.1. The van der Waals surface area contributed by atoms with Crippen LogP contribution in [0.5, 0.6) is 0 Å². The number of fused-ring (bicyclic) bond motifs is 1. The van der Waals surface area contributed by atoms with Gasteiger partial charge < -0.3 is 16.0 Å². The molecule has 1 aromatic carbocycles. The van der Waals surface area contributed by atoms with E-state index in [0.717, 1.165) is 30.5 Å². The van der Waals surface area contributed by atoms with Gasteiger partial charge in [0.25, 0.3) is 5.91 Å². The van der Waals surface area contributed by atoms with Crippen LogP contribution >= 0.6 is 0 Å². The average Bonchev–Trinajstić information content (AvgIpc) is 2.99. The summed E-state index contributed by atoms with van der Waals surface area (Å²) in [6.45, 7) is 1.96. The Morgan fingerprint density at radius 3 is 2.82 bits per heavy atom. The number of rotatable bonds is 5. The Balaban J connectivity index is 1.42. The van der Waals surface area contributed by atoms with Crippen LogP contribution in [-0.2, 0) is 22.7 Å². The van der Waals surface area contributed by atoms with Gasteiger partial charge in [-0.2, -0.15) is 0 Å². The quantitative estimate of drug-likeness (QED) is 0.659. The number of hydrogen-bond acceptors (Lipinski definition) is 5. The first-order valence-corrected chi connectivity index (χ1v) is 10.2. The van der Waals surface area contributed by atoms with Crippen LogP contribution < -0.4 is 16.4 Å². The summed E-state index contributed by atoms with van der Waals surface area (Å²) in [6, 6.07) is 5.63. The zero-order valence-electron chi connectivity index (χ0n) is 16.1. The molecule has 0 bridgehead atoms. The van der Waals surface area contributed by atoms with Crippen molar-refractivity contribution in [2.24, 2.45) is 11.7 Å². The lowest BCUT2D eigenvalue weighted by Gasteiger charge is -2.29. The number of nitrogens with two attached hydrogens (primary N) is 1. The highest BCUT2D eigenvalue weighted by molar-refractivity contribution is 6.05. The van der Waals surface area contributed by atoms with Gasteiger partial charge in [0.1, 0.15) is 6.04 Å². The monoisotopic (exact) mass is 384 g/mol. The molecule has 7 heteroatoms. The molecule has 1 saturated heterocycles. The molecule has 2 heterocycles. The first-order chi connectivity index (χ1) is 13.5. The third-order valence-electron chi connectivity index (χ3n) is 6.21. The summed E-state index contributed by atoms with van der Waals surface area (Å²) in [6.07, 6.45) is 5.23. The number of hydrogen-bond donors (Lipinski definition) is 3. The van der Waals surface area contributed by atoms with E-state index in [0.29, 0.717) is 37.0 Å². The second kappa shape index (κ2) is 8.01. The third-order valence-corrected chi connectivity index (χ3v) is 6.21. The lowest BCUT2D eigenvalue weighted by atomic mass is 9.86. The molecule has 1 saturated carbocycles. The predicted molar refractivity (Wildman–Crippen MR) is 104 cm³/mol. The number of amides is 3. The number of imide groups is 1. The normalized spacial score (nSPS) is 27.7. The molecule has 3 aliphatic rings. The second-order valence-electron chi connectivity index (χ2n) is 8.27. The summed E-state index contributed by atoms with van der Waals surface area (Å²) >= 11 is 0. The number of benzene rings is 1.